The number of hydrogen-bond acceptors (Lipinski definition) is 1. The smallest absolute Gasteiger partial charge is 0.00953 e. The molecule has 4 atom stereocenters. The largest absolute Gasteiger partial charge is 0.314 e. The molecular formula is C18H37N. The van der Waals surface area contributed by atoms with E-state index in [0.29, 0.717) is 0 Å². The second kappa shape index (κ2) is 9.80. The van der Waals surface area contributed by atoms with Crippen LogP contribution in [0.3, 0.4) is 0 Å². The normalized spacial score (nSPS) is 29.4. The molecule has 1 rings (SSSR count). The van der Waals surface area contributed by atoms with Gasteiger partial charge in [0.15, 0.2) is 0 Å². The Morgan fingerprint density at radius 2 is 1.68 bits per heavy atom. The highest BCUT2D eigenvalue weighted by Gasteiger charge is 2.29. The van der Waals surface area contributed by atoms with Gasteiger partial charge in [-0.3, -0.25) is 0 Å². The lowest BCUT2D eigenvalue weighted by atomic mass is 9.72. The third-order valence-corrected chi connectivity index (χ3v) is 5.29. The van der Waals surface area contributed by atoms with Gasteiger partial charge in [-0.1, -0.05) is 66.2 Å². The molecule has 19 heavy (non-hydrogen) atoms. The molecule has 4 unspecified atom stereocenters. The topological polar surface area (TPSA) is 12.0 Å². The highest BCUT2D eigenvalue weighted by atomic mass is 14.9. The van der Waals surface area contributed by atoms with Crippen LogP contribution in [-0.2, 0) is 0 Å². The summed E-state index contributed by atoms with van der Waals surface area (Å²) in [4.78, 5) is 0. The van der Waals surface area contributed by atoms with Crippen molar-refractivity contribution in [2.24, 2.45) is 17.8 Å². The van der Waals surface area contributed by atoms with Gasteiger partial charge in [0.1, 0.15) is 0 Å². The molecule has 1 aliphatic carbocycles. The number of unbranched alkanes of at least 4 members (excludes halogenated alkanes) is 4. The summed E-state index contributed by atoms with van der Waals surface area (Å²) in [6, 6.07) is 0.793. The molecule has 1 nitrogen and oxygen atoms in total. The molecule has 0 radical (unpaired) electrons. The van der Waals surface area contributed by atoms with Gasteiger partial charge in [0.05, 0.1) is 0 Å². The summed E-state index contributed by atoms with van der Waals surface area (Å²) in [6.45, 7) is 10.6. The van der Waals surface area contributed by atoms with E-state index in [2.05, 4.69) is 33.0 Å². The third kappa shape index (κ3) is 6.29. The summed E-state index contributed by atoms with van der Waals surface area (Å²) >= 11 is 0. The van der Waals surface area contributed by atoms with E-state index in [-0.39, 0.29) is 0 Å². The van der Waals surface area contributed by atoms with Crippen LogP contribution in [0, 0.1) is 17.8 Å². The van der Waals surface area contributed by atoms with Crippen molar-refractivity contribution < 1.29 is 0 Å². The van der Waals surface area contributed by atoms with Crippen LogP contribution < -0.4 is 5.32 Å². The van der Waals surface area contributed by atoms with Crippen LogP contribution in [0.25, 0.3) is 0 Å². The SMILES string of the molecule is CCCCCCCC(NCC)C1CCC(C)C(C)C1. The van der Waals surface area contributed by atoms with Crippen molar-refractivity contribution in [1.29, 1.82) is 0 Å². The Bertz CT molecular complexity index is 214. The molecule has 114 valence electrons. The first kappa shape index (κ1) is 17.0. The van der Waals surface area contributed by atoms with Gasteiger partial charge in [-0.2, -0.15) is 0 Å². The van der Waals surface area contributed by atoms with Crippen molar-refractivity contribution in [2.75, 3.05) is 6.54 Å². The quantitative estimate of drug-likeness (QED) is 0.552. The molecular weight excluding hydrogens is 230 g/mol. The lowest BCUT2D eigenvalue weighted by Crippen LogP contribution is -2.39. The Morgan fingerprint density at radius 3 is 2.32 bits per heavy atom. The Hall–Kier alpha value is -0.0400. The summed E-state index contributed by atoms with van der Waals surface area (Å²) in [5.41, 5.74) is 0. The van der Waals surface area contributed by atoms with Gasteiger partial charge in [-0.25, -0.2) is 0 Å². The van der Waals surface area contributed by atoms with Crippen LogP contribution in [0.2, 0.25) is 0 Å². The molecule has 1 saturated carbocycles. The van der Waals surface area contributed by atoms with Crippen molar-refractivity contribution in [3.8, 4) is 0 Å². The highest BCUT2D eigenvalue weighted by Crippen LogP contribution is 2.36. The van der Waals surface area contributed by atoms with E-state index in [1.165, 1.54) is 57.8 Å². The van der Waals surface area contributed by atoms with E-state index < -0.39 is 0 Å². The van der Waals surface area contributed by atoms with Crippen molar-refractivity contribution in [3.05, 3.63) is 0 Å². The Morgan fingerprint density at radius 1 is 0.947 bits per heavy atom. The zero-order valence-electron chi connectivity index (χ0n) is 13.9. The molecule has 1 N–H and O–H groups in total. The van der Waals surface area contributed by atoms with Crippen LogP contribution in [0.1, 0.15) is 85.5 Å². The summed E-state index contributed by atoms with van der Waals surface area (Å²) in [7, 11) is 0. The number of rotatable bonds is 9. The Balaban J connectivity index is 2.30. The molecule has 1 fully saturated rings. The van der Waals surface area contributed by atoms with Gasteiger partial charge in [0.25, 0.3) is 0 Å². The second-order valence-electron chi connectivity index (χ2n) is 6.89. The first-order valence-electron chi connectivity index (χ1n) is 8.92. The van der Waals surface area contributed by atoms with Gasteiger partial charge in [-0.05, 0) is 43.6 Å². The van der Waals surface area contributed by atoms with Crippen LogP contribution >= 0.6 is 0 Å². The maximum atomic E-state index is 3.78. The van der Waals surface area contributed by atoms with Gasteiger partial charge in [0, 0.05) is 6.04 Å². The summed E-state index contributed by atoms with van der Waals surface area (Å²) in [5, 5.41) is 3.78. The first-order chi connectivity index (χ1) is 9.19. The predicted octanol–water partition coefficient (Wildman–Crippen LogP) is 5.40. The Labute approximate surface area is 121 Å². The molecule has 1 aliphatic rings. The molecule has 0 spiro atoms. The lowest BCUT2D eigenvalue weighted by Gasteiger charge is -2.37. The van der Waals surface area contributed by atoms with E-state index in [1.54, 1.807) is 0 Å². The van der Waals surface area contributed by atoms with Crippen molar-refractivity contribution in [2.45, 2.75) is 91.5 Å². The minimum Gasteiger partial charge on any atom is -0.314 e. The van der Waals surface area contributed by atoms with Crippen LogP contribution in [0.4, 0.5) is 0 Å². The lowest BCUT2D eigenvalue weighted by molar-refractivity contribution is 0.165. The fourth-order valence-electron chi connectivity index (χ4n) is 3.69. The minimum absolute atomic E-state index is 0.793. The number of hydrogen-bond donors (Lipinski definition) is 1. The van der Waals surface area contributed by atoms with Crippen molar-refractivity contribution >= 4 is 0 Å². The maximum absolute atomic E-state index is 3.78. The molecule has 0 heterocycles. The first-order valence-corrected chi connectivity index (χ1v) is 8.92. The van der Waals surface area contributed by atoms with Crippen LogP contribution in [0.5, 0.6) is 0 Å². The molecule has 0 bridgehead atoms. The standard InChI is InChI=1S/C18H37N/c1-5-7-8-9-10-11-18(19-6-2)17-13-12-15(3)16(4)14-17/h15-19H,5-14H2,1-4H3. The van der Waals surface area contributed by atoms with E-state index in [9.17, 15) is 0 Å². The van der Waals surface area contributed by atoms with Crippen LogP contribution in [0.15, 0.2) is 0 Å². The van der Waals surface area contributed by atoms with Gasteiger partial charge < -0.3 is 5.32 Å². The maximum Gasteiger partial charge on any atom is 0.00953 e. The van der Waals surface area contributed by atoms with Gasteiger partial charge in [0.2, 0.25) is 0 Å². The van der Waals surface area contributed by atoms with E-state index in [4.69, 9.17) is 0 Å². The molecule has 0 aliphatic heterocycles. The fraction of sp³-hybridized carbons (Fsp3) is 1.00. The van der Waals surface area contributed by atoms with E-state index in [0.717, 1.165) is 30.3 Å². The van der Waals surface area contributed by atoms with Crippen molar-refractivity contribution in [3.63, 3.8) is 0 Å². The number of nitrogens with one attached hydrogen (secondary N) is 1. The minimum atomic E-state index is 0.793. The summed E-state index contributed by atoms with van der Waals surface area (Å²) in [6.07, 6.45) is 12.8. The van der Waals surface area contributed by atoms with Crippen LogP contribution in [-0.4, -0.2) is 12.6 Å². The molecule has 0 amide bonds. The molecule has 1 heteroatoms. The molecule has 0 saturated heterocycles. The van der Waals surface area contributed by atoms with Gasteiger partial charge >= 0.3 is 0 Å². The van der Waals surface area contributed by atoms with Crippen molar-refractivity contribution in [1.82, 2.24) is 5.32 Å². The monoisotopic (exact) mass is 267 g/mol. The highest BCUT2D eigenvalue weighted by molar-refractivity contribution is 4.83. The van der Waals surface area contributed by atoms with Gasteiger partial charge in [-0.15, -0.1) is 0 Å². The zero-order chi connectivity index (χ0) is 14.1. The summed E-state index contributed by atoms with van der Waals surface area (Å²) < 4.78 is 0. The fourth-order valence-corrected chi connectivity index (χ4v) is 3.69. The molecule has 0 aromatic carbocycles. The Kier molecular flexibility index (Phi) is 8.77. The average Bonchev–Trinajstić information content (AvgIpc) is 2.40. The molecule has 0 aromatic heterocycles. The third-order valence-electron chi connectivity index (χ3n) is 5.29. The second-order valence-corrected chi connectivity index (χ2v) is 6.89. The predicted molar refractivity (Wildman–Crippen MR) is 86.5 cm³/mol. The van der Waals surface area contributed by atoms with E-state index >= 15 is 0 Å². The zero-order valence-corrected chi connectivity index (χ0v) is 13.9. The molecule has 0 aromatic rings. The summed E-state index contributed by atoms with van der Waals surface area (Å²) in [5.74, 6) is 2.82. The van der Waals surface area contributed by atoms with E-state index in [1.807, 2.05) is 0 Å². The average molecular weight is 268 g/mol.